The molecule has 0 spiro atoms. The lowest BCUT2D eigenvalue weighted by atomic mass is 10.2. The minimum Gasteiger partial charge on any atom is -0.373 e. The fraction of sp³-hybridized carbons (Fsp3) is 0.188. The van der Waals surface area contributed by atoms with E-state index in [1.165, 1.54) is 12.3 Å². The minimum atomic E-state index is -0.557. The number of amides is 1. The molecular formula is C16H14Cl3N3O2. The van der Waals surface area contributed by atoms with Crippen molar-refractivity contribution in [2.24, 2.45) is 0 Å². The SMILES string of the molecule is N=C(COCCc1cccc(Cl)c1)NC(=O)c1cc(Cl)cnc1Cl. The number of hydrogen-bond acceptors (Lipinski definition) is 4. The summed E-state index contributed by atoms with van der Waals surface area (Å²) in [7, 11) is 0. The van der Waals surface area contributed by atoms with E-state index >= 15 is 0 Å². The van der Waals surface area contributed by atoms with Crippen LogP contribution in [0.1, 0.15) is 15.9 Å². The van der Waals surface area contributed by atoms with Gasteiger partial charge in [-0.1, -0.05) is 46.9 Å². The van der Waals surface area contributed by atoms with Gasteiger partial charge in [0.1, 0.15) is 17.6 Å². The third-order valence-electron chi connectivity index (χ3n) is 2.99. The molecule has 0 atom stereocenters. The lowest BCUT2D eigenvalue weighted by Gasteiger charge is -2.09. The van der Waals surface area contributed by atoms with Gasteiger partial charge in [0.25, 0.3) is 5.91 Å². The van der Waals surface area contributed by atoms with Crippen LogP contribution >= 0.6 is 34.8 Å². The van der Waals surface area contributed by atoms with E-state index in [1.807, 2.05) is 18.2 Å². The molecule has 24 heavy (non-hydrogen) atoms. The molecule has 0 aliphatic rings. The normalized spacial score (nSPS) is 10.5. The van der Waals surface area contributed by atoms with E-state index in [1.54, 1.807) is 6.07 Å². The summed E-state index contributed by atoms with van der Waals surface area (Å²) in [5, 5.41) is 11.1. The summed E-state index contributed by atoms with van der Waals surface area (Å²) in [4.78, 5) is 15.8. The summed E-state index contributed by atoms with van der Waals surface area (Å²) in [6, 6.07) is 8.85. The van der Waals surface area contributed by atoms with Gasteiger partial charge in [-0.15, -0.1) is 0 Å². The summed E-state index contributed by atoms with van der Waals surface area (Å²) in [5.41, 5.74) is 1.14. The van der Waals surface area contributed by atoms with E-state index in [2.05, 4.69) is 10.3 Å². The third-order valence-corrected chi connectivity index (χ3v) is 3.73. The summed E-state index contributed by atoms with van der Waals surface area (Å²) in [6.45, 7) is 0.371. The van der Waals surface area contributed by atoms with Crippen molar-refractivity contribution in [3.8, 4) is 0 Å². The van der Waals surface area contributed by atoms with Crippen LogP contribution in [0.5, 0.6) is 0 Å². The Bertz CT molecular complexity index is 753. The Morgan fingerprint density at radius 3 is 2.75 bits per heavy atom. The Morgan fingerprint density at radius 2 is 2.00 bits per heavy atom. The van der Waals surface area contributed by atoms with Crippen LogP contribution in [0.25, 0.3) is 0 Å². The van der Waals surface area contributed by atoms with Crippen LogP contribution in [0.15, 0.2) is 36.5 Å². The Kier molecular flexibility index (Phi) is 6.99. The van der Waals surface area contributed by atoms with Crippen molar-refractivity contribution < 1.29 is 9.53 Å². The highest BCUT2D eigenvalue weighted by Gasteiger charge is 2.13. The monoisotopic (exact) mass is 385 g/mol. The lowest BCUT2D eigenvalue weighted by molar-refractivity contribution is 0.0970. The van der Waals surface area contributed by atoms with Gasteiger partial charge in [0.05, 0.1) is 17.2 Å². The van der Waals surface area contributed by atoms with Gasteiger partial charge in [0.2, 0.25) is 0 Å². The summed E-state index contributed by atoms with van der Waals surface area (Å²) in [5.74, 6) is -0.638. The van der Waals surface area contributed by atoms with Crippen LogP contribution in [-0.2, 0) is 11.2 Å². The number of aromatic nitrogens is 1. The van der Waals surface area contributed by atoms with Gasteiger partial charge < -0.3 is 10.1 Å². The van der Waals surface area contributed by atoms with E-state index in [0.29, 0.717) is 18.1 Å². The highest BCUT2D eigenvalue weighted by atomic mass is 35.5. The molecule has 1 aromatic heterocycles. The number of nitrogens with one attached hydrogen (secondary N) is 2. The number of halogens is 3. The van der Waals surface area contributed by atoms with Crippen molar-refractivity contribution in [1.29, 1.82) is 5.41 Å². The number of amidine groups is 1. The Labute approximate surface area is 154 Å². The second-order valence-corrected chi connectivity index (χ2v) is 6.09. The molecule has 5 nitrogen and oxygen atoms in total. The second-order valence-electron chi connectivity index (χ2n) is 4.86. The first-order chi connectivity index (χ1) is 11.5. The smallest absolute Gasteiger partial charge is 0.259 e. The number of benzene rings is 1. The molecule has 0 unspecified atom stereocenters. The molecule has 0 saturated carbocycles. The van der Waals surface area contributed by atoms with Crippen molar-refractivity contribution in [1.82, 2.24) is 10.3 Å². The zero-order valence-electron chi connectivity index (χ0n) is 12.5. The largest absolute Gasteiger partial charge is 0.373 e. The molecular weight excluding hydrogens is 373 g/mol. The number of rotatable bonds is 6. The molecule has 1 heterocycles. The van der Waals surface area contributed by atoms with E-state index in [-0.39, 0.29) is 28.2 Å². The second kappa shape index (κ2) is 8.99. The van der Waals surface area contributed by atoms with Crippen molar-refractivity contribution in [2.45, 2.75) is 6.42 Å². The molecule has 0 aliphatic carbocycles. The topological polar surface area (TPSA) is 75.1 Å². The molecule has 8 heteroatoms. The molecule has 2 aromatic rings. The molecule has 0 radical (unpaired) electrons. The van der Waals surface area contributed by atoms with Crippen molar-refractivity contribution in [3.63, 3.8) is 0 Å². The maximum atomic E-state index is 12.0. The molecule has 126 valence electrons. The summed E-state index contributed by atoms with van der Waals surface area (Å²) >= 11 is 17.5. The molecule has 1 amide bonds. The molecule has 2 rings (SSSR count). The standard InChI is InChI=1S/C16H14Cl3N3O2/c17-11-3-1-2-10(6-11)4-5-24-9-14(20)22-16(23)13-7-12(18)8-21-15(13)19/h1-3,6-8H,4-5,9H2,(H2,20,22,23). The van der Waals surface area contributed by atoms with Crippen LogP contribution in [-0.4, -0.2) is 29.9 Å². The highest BCUT2D eigenvalue weighted by molar-refractivity contribution is 6.35. The van der Waals surface area contributed by atoms with Gasteiger partial charge in [-0.05, 0) is 30.2 Å². The molecule has 0 fully saturated rings. The lowest BCUT2D eigenvalue weighted by Crippen LogP contribution is -2.33. The number of nitrogens with zero attached hydrogens (tertiary/aromatic N) is 1. The van der Waals surface area contributed by atoms with Crippen molar-refractivity contribution in [2.75, 3.05) is 13.2 Å². The fourth-order valence-corrected chi connectivity index (χ4v) is 2.44. The Balaban J connectivity index is 1.77. The van der Waals surface area contributed by atoms with Crippen LogP contribution < -0.4 is 5.32 Å². The predicted molar refractivity (Wildman–Crippen MR) is 95.4 cm³/mol. The first kappa shape index (κ1) is 18.7. The van der Waals surface area contributed by atoms with Crippen LogP contribution in [0, 0.1) is 5.41 Å². The Hall–Kier alpha value is -1.66. The van der Waals surface area contributed by atoms with Gasteiger partial charge in [-0.2, -0.15) is 0 Å². The van der Waals surface area contributed by atoms with Crippen LogP contribution in [0.3, 0.4) is 0 Å². The first-order valence-electron chi connectivity index (χ1n) is 6.97. The Morgan fingerprint density at radius 1 is 1.21 bits per heavy atom. The molecule has 1 aromatic carbocycles. The molecule has 0 aliphatic heterocycles. The van der Waals surface area contributed by atoms with Crippen LogP contribution in [0.2, 0.25) is 15.2 Å². The number of carbonyl (C=O) groups is 1. The van der Waals surface area contributed by atoms with Gasteiger partial charge in [-0.3, -0.25) is 10.2 Å². The average Bonchev–Trinajstić information content (AvgIpc) is 2.54. The highest BCUT2D eigenvalue weighted by Crippen LogP contribution is 2.17. The maximum absolute atomic E-state index is 12.0. The summed E-state index contributed by atoms with van der Waals surface area (Å²) < 4.78 is 5.37. The predicted octanol–water partition coefficient (Wildman–Crippen LogP) is 4.01. The number of carbonyl (C=O) groups excluding carboxylic acids is 1. The minimum absolute atomic E-state index is 0.0200. The van der Waals surface area contributed by atoms with Crippen molar-refractivity contribution >= 4 is 46.5 Å². The van der Waals surface area contributed by atoms with E-state index in [9.17, 15) is 4.79 Å². The average molecular weight is 387 g/mol. The summed E-state index contributed by atoms with van der Waals surface area (Å²) in [6.07, 6.45) is 2.00. The van der Waals surface area contributed by atoms with Gasteiger partial charge in [0.15, 0.2) is 0 Å². The first-order valence-corrected chi connectivity index (χ1v) is 8.11. The number of pyridine rings is 1. The zero-order chi connectivity index (χ0) is 17.5. The third kappa shape index (κ3) is 5.76. The quantitative estimate of drug-likeness (QED) is 0.341. The fourth-order valence-electron chi connectivity index (χ4n) is 1.88. The van der Waals surface area contributed by atoms with Gasteiger partial charge in [-0.25, -0.2) is 4.98 Å². The van der Waals surface area contributed by atoms with Crippen molar-refractivity contribution in [3.05, 3.63) is 62.9 Å². The van der Waals surface area contributed by atoms with Crippen LogP contribution in [0.4, 0.5) is 0 Å². The molecule has 2 N–H and O–H groups in total. The maximum Gasteiger partial charge on any atom is 0.259 e. The molecule has 0 bridgehead atoms. The zero-order valence-corrected chi connectivity index (χ0v) is 14.8. The number of ether oxygens (including phenoxy) is 1. The van der Waals surface area contributed by atoms with E-state index < -0.39 is 5.91 Å². The van der Waals surface area contributed by atoms with E-state index in [4.69, 9.17) is 44.9 Å². The van der Waals surface area contributed by atoms with Gasteiger partial charge in [0, 0.05) is 11.2 Å². The molecule has 0 saturated heterocycles. The van der Waals surface area contributed by atoms with Gasteiger partial charge >= 0.3 is 0 Å². The number of hydrogen-bond donors (Lipinski definition) is 2. The van der Waals surface area contributed by atoms with E-state index in [0.717, 1.165) is 5.56 Å².